The predicted octanol–water partition coefficient (Wildman–Crippen LogP) is 5.67. The first-order chi connectivity index (χ1) is 16.4. The highest BCUT2D eigenvalue weighted by molar-refractivity contribution is 6.30. The minimum Gasteiger partial charge on any atom is -0.493 e. The molecule has 0 unspecified atom stereocenters. The van der Waals surface area contributed by atoms with Gasteiger partial charge in [0.15, 0.2) is 0 Å². The molecular formula is C28H30ClNO4. The number of halogens is 1. The Hall–Kier alpha value is -2.86. The van der Waals surface area contributed by atoms with E-state index in [1.54, 1.807) is 18.2 Å². The van der Waals surface area contributed by atoms with E-state index >= 15 is 0 Å². The quantitative estimate of drug-likeness (QED) is 0.368. The summed E-state index contributed by atoms with van der Waals surface area (Å²) in [7, 11) is 0. The molecule has 34 heavy (non-hydrogen) atoms. The van der Waals surface area contributed by atoms with Crippen molar-refractivity contribution in [1.29, 1.82) is 0 Å². The lowest BCUT2D eigenvalue weighted by molar-refractivity contribution is 0.0692. The van der Waals surface area contributed by atoms with Crippen molar-refractivity contribution in [3.63, 3.8) is 0 Å². The number of aliphatic hydroxyl groups excluding tert-OH is 1. The van der Waals surface area contributed by atoms with Gasteiger partial charge in [0.2, 0.25) is 0 Å². The number of aryl methyl sites for hydroxylation is 1. The lowest BCUT2D eigenvalue weighted by Crippen LogP contribution is -2.37. The molecule has 5 nitrogen and oxygen atoms in total. The molecule has 0 saturated heterocycles. The molecule has 0 heterocycles. The number of ether oxygens (including phenoxy) is 1. The molecule has 4 rings (SSSR count). The Labute approximate surface area is 205 Å². The molecule has 0 fully saturated rings. The summed E-state index contributed by atoms with van der Waals surface area (Å²) >= 11 is 6.05. The largest absolute Gasteiger partial charge is 0.493 e. The van der Waals surface area contributed by atoms with E-state index in [2.05, 4.69) is 23.5 Å². The first kappa shape index (κ1) is 24.3. The Morgan fingerprint density at radius 3 is 2.68 bits per heavy atom. The normalized spacial score (nSPS) is 16.0. The number of carboxylic acids is 1. The average molecular weight is 480 g/mol. The fourth-order valence-electron chi connectivity index (χ4n) is 4.43. The standard InChI is InChI=1S/C28H30ClNO4/c1-2-12-34-27-16-20(9-11-25(27)28(32)33)19-7-6-18-8-10-24(15-22(18)13-19)30-17-26(31)21-4-3-5-23(29)14-21/h3-7,9,11,13-14,16,24,26,30-31H,2,8,10,12,15,17H2,1H3,(H,32,33)/t24-,26-/m0/s1. The second-order valence-corrected chi connectivity index (χ2v) is 9.20. The van der Waals surface area contributed by atoms with Crippen LogP contribution >= 0.6 is 11.6 Å². The smallest absolute Gasteiger partial charge is 0.339 e. The molecule has 6 heteroatoms. The average Bonchev–Trinajstić information content (AvgIpc) is 2.85. The van der Waals surface area contributed by atoms with Crippen LogP contribution in [0.5, 0.6) is 5.75 Å². The zero-order chi connectivity index (χ0) is 24.1. The molecule has 1 aliphatic rings. The Kier molecular flexibility index (Phi) is 7.88. The van der Waals surface area contributed by atoms with Gasteiger partial charge in [-0.15, -0.1) is 0 Å². The molecule has 0 spiro atoms. The Balaban J connectivity index is 1.47. The Morgan fingerprint density at radius 2 is 1.91 bits per heavy atom. The maximum absolute atomic E-state index is 11.6. The molecule has 3 N–H and O–H groups in total. The number of hydrogen-bond acceptors (Lipinski definition) is 4. The number of rotatable bonds is 9. The van der Waals surface area contributed by atoms with Gasteiger partial charge in [-0.3, -0.25) is 0 Å². The number of nitrogens with one attached hydrogen (secondary N) is 1. The number of aliphatic hydroxyl groups is 1. The van der Waals surface area contributed by atoms with Crippen LogP contribution in [0.3, 0.4) is 0 Å². The van der Waals surface area contributed by atoms with Crippen LogP contribution in [-0.4, -0.2) is 35.4 Å². The molecule has 0 radical (unpaired) electrons. The fraction of sp³-hybridized carbons (Fsp3) is 0.321. The number of hydrogen-bond donors (Lipinski definition) is 3. The van der Waals surface area contributed by atoms with E-state index in [4.69, 9.17) is 16.3 Å². The molecule has 1 aliphatic carbocycles. The van der Waals surface area contributed by atoms with Crippen LogP contribution in [0.2, 0.25) is 5.02 Å². The second kappa shape index (κ2) is 11.0. The van der Waals surface area contributed by atoms with Gasteiger partial charge in [0.05, 0.1) is 12.7 Å². The van der Waals surface area contributed by atoms with Crippen molar-refractivity contribution in [3.8, 4) is 16.9 Å². The lowest BCUT2D eigenvalue weighted by atomic mass is 9.86. The van der Waals surface area contributed by atoms with Crippen molar-refractivity contribution < 1.29 is 19.7 Å². The summed E-state index contributed by atoms with van der Waals surface area (Å²) in [6.45, 7) is 2.93. The molecule has 0 bridgehead atoms. The van der Waals surface area contributed by atoms with Gasteiger partial charge >= 0.3 is 5.97 Å². The molecule has 178 valence electrons. The van der Waals surface area contributed by atoms with Gasteiger partial charge in [0.1, 0.15) is 11.3 Å². The van der Waals surface area contributed by atoms with Crippen LogP contribution in [0.1, 0.15) is 52.9 Å². The second-order valence-electron chi connectivity index (χ2n) is 8.77. The van der Waals surface area contributed by atoms with Gasteiger partial charge in [0, 0.05) is 17.6 Å². The molecule has 0 amide bonds. The van der Waals surface area contributed by atoms with Crippen LogP contribution in [0.15, 0.2) is 60.7 Å². The molecule has 3 aromatic carbocycles. The maximum Gasteiger partial charge on any atom is 0.339 e. The van der Waals surface area contributed by atoms with Gasteiger partial charge in [-0.25, -0.2) is 4.79 Å². The van der Waals surface area contributed by atoms with E-state index in [9.17, 15) is 15.0 Å². The Morgan fingerprint density at radius 1 is 1.12 bits per heavy atom. The summed E-state index contributed by atoms with van der Waals surface area (Å²) in [6.07, 6.45) is 3.06. The molecule has 0 aliphatic heterocycles. The van der Waals surface area contributed by atoms with Crippen molar-refractivity contribution in [2.24, 2.45) is 0 Å². The zero-order valence-corrected chi connectivity index (χ0v) is 20.0. The summed E-state index contributed by atoms with van der Waals surface area (Å²) in [5.74, 6) is -0.587. The molecule has 0 saturated carbocycles. The minimum atomic E-state index is -0.989. The number of carbonyl (C=O) groups is 1. The van der Waals surface area contributed by atoms with E-state index in [1.807, 2.05) is 31.2 Å². The highest BCUT2D eigenvalue weighted by atomic mass is 35.5. The van der Waals surface area contributed by atoms with E-state index in [1.165, 1.54) is 11.1 Å². The summed E-state index contributed by atoms with van der Waals surface area (Å²) in [4.78, 5) is 11.6. The topological polar surface area (TPSA) is 78.8 Å². The summed E-state index contributed by atoms with van der Waals surface area (Å²) in [5, 5.41) is 24.1. The minimum absolute atomic E-state index is 0.178. The van der Waals surface area contributed by atoms with Crippen molar-refractivity contribution in [2.45, 2.75) is 44.8 Å². The van der Waals surface area contributed by atoms with Crippen LogP contribution < -0.4 is 10.1 Å². The van der Waals surface area contributed by atoms with Gasteiger partial charge in [-0.05, 0) is 77.8 Å². The third kappa shape index (κ3) is 5.79. The van der Waals surface area contributed by atoms with Crippen molar-refractivity contribution in [1.82, 2.24) is 5.32 Å². The van der Waals surface area contributed by atoms with Crippen LogP contribution in [0.4, 0.5) is 0 Å². The number of fused-ring (bicyclic) bond motifs is 1. The summed E-state index contributed by atoms with van der Waals surface area (Å²) in [6, 6.07) is 19.3. The first-order valence-electron chi connectivity index (χ1n) is 11.7. The third-order valence-electron chi connectivity index (χ3n) is 6.28. The lowest BCUT2D eigenvalue weighted by Gasteiger charge is -2.27. The van der Waals surface area contributed by atoms with Gasteiger partial charge in [0.25, 0.3) is 0 Å². The maximum atomic E-state index is 11.6. The number of carboxylic acid groups (broad SMARTS) is 1. The van der Waals surface area contributed by atoms with E-state index < -0.39 is 12.1 Å². The van der Waals surface area contributed by atoms with Gasteiger partial charge < -0.3 is 20.3 Å². The van der Waals surface area contributed by atoms with Crippen molar-refractivity contribution in [3.05, 3.63) is 87.9 Å². The third-order valence-corrected chi connectivity index (χ3v) is 6.51. The highest BCUT2D eigenvalue weighted by Gasteiger charge is 2.21. The highest BCUT2D eigenvalue weighted by Crippen LogP contribution is 2.31. The first-order valence-corrected chi connectivity index (χ1v) is 12.1. The molecule has 0 aromatic heterocycles. The SMILES string of the molecule is CCCOc1cc(-c2ccc3c(c2)C[C@@H](NC[C@H](O)c2cccc(Cl)c2)CC3)ccc1C(=O)O. The van der Waals surface area contributed by atoms with Crippen molar-refractivity contribution >= 4 is 17.6 Å². The fourth-order valence-corrected chi connectivity index (χ4v) is 4.63. The van der Waals surface area contributed by atoms with Gasteiger partial charge in [-0.1, -0.05) is 54.9 Å². The Bertz CT molecular complexity index is 1160. The van der Waals surface area contributed by atoms with E-state index in [-0.39, 0.29) is 11.6 Å². The van der Waals surface area contributed by atoms with E-state index in [0.29, 0.717) is 23.9 Å². The van der Waals surface area contributed by atoms with E-state index in [0.717, 1.165) is 42.4 Å². The van der Waals surface area contributed by atoms with Crippen LogP contribution in [-0.2, 0) is 12.8 Å². The predicted molar refractivity (Wildman–Crippen MR) is 135 cm³/mol. The summed E-state index contributed by atoms with van der Waals surface area (Å²) < 4.78 is 5.71. The van der Waals surface area contributed by atoms with Gasteiger partial charge in [-0.2, -0.15) is 0 Å². The number of aromatic carboxylic acids is 1. The van der Waals surface area contributed by atoms with Crippen LogP contribution in [0, 0.1) is 0 Å². The molecular weight excluding hydrogens is 450 g/mol. The van der Waals surface area contributed by atoms with Crippen LogP contribution in [0.25, 0.3) is 11.1 Å². The summed E-state index contributed by atoms with van der Waals surface area (Å²) in [5.41, 5.74) is 5.57. The molecule has 2 atom stereocenters. The van der Waals surface area contributed by atoms with Crippen molar-refractivity contribution in [2.75, 3.05) is 13.2 Å². The monoisotopic (exact) mass is 479 g/mol. The zero-order valence-electron chi connectivity index (χ0n) is 19.3. The molecule has 3 aromatic rings. The number of benzene rings is 3.